The van der Waals surface area contributed by atoms with Gasteiger partial charge in [0.2, 0.25) is 0 Å². The minimum Gasteiger partial charge on any atom is -0.467 e. The molecule has 0 fully saturated rings. The van der Waals surface area contributed by atoms with Crippen LogP contribution in [0.5, 0.6) is 0 Å². The first-order valence-corrected chi connectivity index (χ1v) is 11.0. The van der Waals surface area contributed by atoms with Crippen LogP contribution in [0.4, 0.5) is 11.4 Å². The quantitative estimate of drug-likeness (QED) is 0.315. The number of carbonyl (C=O) groups is 1. The Labute approximate surface area is 192 Å². The normalized spacial score (nSPS) is 15.5. The van der Waals surface area contributed by atoms with Crippen molar-refractivity contribution < 1.29 is 18.9 Å². The van der Waals surface area contributed by atoms with Crippen molar-refractivity contribution in [1.82, 2.24) is 9.88 Å². The Morgan fingerprint density at radius 2 is 2.12 bits per heavy atom. The first-order valence-electron chi connectivity index (χ1n) is 10.2. The van der Waals surface area contributed by atoms with Crippen molar-refractivity contribution in [2.45, 2.75) is 26.2 Å². The number of nitrogens with zero attached hydrogens (tertiary/aromatic N) is 3. The molecular weight excluding hydrogens is 444 g/mol. The number of nitro benzene ring substituents is 1. The van der Waals surface area contributed by atoms with Crippen molar-refractivity contribution in [3.8, 4) is 0 Å². The number of thiophene rings is 1. The lowest BCUT2D eigenvalue weighted by molar-refractivity contribution is -0.385. The number of methoxy groups -OCH3 is 1. The molecule has 1 aliphatic heterocycles. The number of nitro groups is 1. The second kappa shape index (κ2) is 8.30. The largest absolute Gasteiger partial charge is 0.467 e. The molecule has 5 rings (SSSR count). The Balaban J connectivity index is 1.71. The summed E-state index contributed by atoms with van der Waals surface area (Å²) in [7, 11) is 1.61. The summed E-state index contributed by atoms with van der Waals surface area (Å²) < 4.78 is 10.9. The number of nitrogens with one attached hydrogen (secondary N) is 1. The summed E-state index contributed by atoms with van der Waals surface area (Å²) in [6, 6.07) is 11.9. The Hall–Kier alpha value is -3.76. The number of anilines is 1. The maximum absolute atomic E-state index is 13.8. The Bertz CT molecular complexity index is 1360. The van der Waals surface area contributed by atoms with Crippen LogP contribution in [0.3, 0.4) is 0 Å². The van der Waals surface area contributed by atoms with Crippen LogP contribution in [0.2, 0.25) is 0 Å². The van der Waals surface area contributed by atoms with E-state index in [1.807, 2.05) is 13.0 Å². The van der Waals surface area contributed by atoms with Crippen LogP contribution in [0.25, 0.3) is 10.2 Å². The Morgan fingerprint density at radius 3 is 2.85 bits per heavy atom. The van der Waals surface area contributed by atoms with E-state index in [9.17, 15) is 14.9 Å². The second-order valence-corrected chi connectivity index (χ2v) is 8.72. The summed E-state index contributed by atoms with van der Waals surface area (Å²) in [5.74, 6) is 0.333. The van der Waals surface area contributed by atoms with Crippen molar-refractivity contribution >= 4 is 38.8 Å². The molecule has 3 aromatic heterocycles. The van der Waals surface area contributed by atoms with Gasteiger partial charge in [0.1, 0.15) is 21.6 Å². The minimum atomic E-state index is -0.772. The zero-order valence-corrected chi connectivity index (χ0v) is 18.7. The van der Waals surface area contributed by atoms with E-state index >= 15 is 0 Å². The highest BCUT2D eigenvalue weighted by Gasteiger charge is 2.39. The molecule has 4 aromatic rings. The third-order valence-electron chi connectivity index (χ3n) is 5.55. The summed E-state index contributed by atoms with van der Waals surface area (Å²) in [5, 5.41) is 16.0. The van der Waals surface area contributed by atoms with Gasteiger partial charge in [0.15, 0.2) is 0 Å². The highest BCUT2D eigenvalue weighted by molar-refractivity contribution is 7.21. The first-order chi connectivity index (χ1) is 16.0. The SMILES string of the molecule is COCc1cc(C)nc2sc3c(c12)N[C@@H](c1ccccc1[N+](=O)[O-])N(Cc1ccco1)C3=O. The predicted octanol–water partition coefficient (Wildman–Crippen LogP) is 5.02. The van der Waals surface area contributed by atoms with Crippen LogP contribution < -0.4 is 5.32 Å². The van der Waals surface area contributed by atoms with Gasteiger partial charge in [-0.1, -0.05) is 12.1 Å². The highest BCUT2D eigenvalue weighted by Crippen LogP contribution is 2.45. The van der Waals surface area contributed by atoms with Crippen LogP contribution in [0, 0.1) is 17.0 Å². The monoisotopic (exact) mass is 464 g/mol. The molecular formula is C23H20N4O5S. The molecule has 0 saturated carbocycles. The van der Waals surface area contributed by atoms with Gasteiger partial charge in [0, 0.05) is 24.3 Å². The lowest BCUT2D eigenvalue weighted by Gasteiger charge is -2.36. The topological polar surface area (TPSA) is 111 Å². The summed E-state index contributed by atoms with van der Waals surface area (Å²) in [5.41, 5.74) is 2.67. The van der Waals surface area contributed by atoms with Crippen molar-refractivity contribution in [2.24, 2.45) is 0 Å². The molecule has 0 spiro atoms. The number of hydrogen-bond acceptors (Lipinski definition) is 8. The van der Waals surface area contributed by atoms with Crippen molar-refractivity contribution in [3.63, 3.8) is 0 Å². The van der Waals surface area contributed by atoms with E-state index in [2.05, 4.69) is 10.3 Å². The van der Waals surface area contributed by atoms with E-state index in [1.165, 1.54) is 23.7 Å². The number of aryl methyl sites for hydroxylation is 1. The number of ether oxygens (including phenoxy) is 1. The van der Waals surface area contributed by atoms with E-state index < -0.39 is 11.1 Å². The zero-order chi connectivity index (χ0) is 23.1. The number of hydrogen-bond donors (Lipinski definition) is 1. The molecule has 10 heteroatoms. The van der Waals surface area contributed by atoms with Gasteiger partial charge in [-0.05, 0) is 36.8 Å². The van der Waals surface area contributed by atoms with Crippen molar-refractivity contribution in [2.75, 3.05) is 12.4 Å². The fraction of sp³-hybridized carbons (Fsp3) is 0.217. The fourth-order valence-electron chi connectivity index (χ4n) is 4.20. The number of aromatic nitrogens is 1. The number of rotatable bonds is 6. The van der Waals surface area contributed by atoms with Crippen LogP contribution in [0.15, 0.2) is 53.1 Å². The van der Waals surface area contributed by atoms with Gasteiger partial charge in [-0.3, -0.25) is 14.9 Å². The third-order valence-corrected chi connectivity index (χ3v) is 6.63. The summed E-state index contributed by atoms with van der Waals surface area (Å²) in [6.07, 6.45) is 0.761. The molecule has 0 saturated heterocycles. The number of pyridine rings is 1. The van der Waals surface area contributed by atoms with Crippen molar-refractivity contribution in [3.05, 3.63) is 86.3 Å². The highest BCUT2D eigenvalue weighted by atomic mass is 32.1. The lowest BCUT2D eigenvalue weighted by atomic mass is 10.0. The minimum absolute atomic E-state index is 0.0682. The third kappa shape index (κ3) is 3.62. The molecule has 1 aromatic carbocycles. The number of para-hydroxylation sites is 1. The molecule has 33 heavy (non-hydrogen) atoms. The van der Waals surface area contributed by atoms with Crippen LogP contribution in [0.1, 0.15) is 38.4 Å². The van der Waals surface area contributed by atoms with Gasteiger partial charge in [-0.2, -0.15) is 0 Å². The maximum Gasteiger partial charge on any atom is 0.276 e. The molecule has 0 aliphatic carbocycles. The molecule has 0 bridgehead atoms. The van der Waals surface area contributed by atoms with Gasteiger partial charge in [-0.15, -0.1) is 11.3 Å². The van der Waals surface area contributed by atoms with Crippen LogP contribution >= 0.6 is 11.3 Å². The number of amides is 1. The first kappa shape index (κ1) is 21.1. The molecule has 1 N–H and O–H groups in total. The number of benzene rings is 1. The number of furan rings is 1. The van der Waals surface area contributed by atoms with E-state index in [0.717, 1.165) is 16.6 Å². The zero-order valence-electron chi connectivity index (χ0n) is 17.9. The summed E-state index contributed by atoms with van der Waals surface area (Å²) >= 11 is 1.30. The van der Waals surface area contributed by atoms with E-state index in [-0.39, 0.29) is 18.1 Å². The second-order valence-electron chi connectivity index (χ2n) is 7.72. The van der Waals surface area contributed by atoms with Crippen LogP contribution in [-0.2, 0) is 17.9 Å². The standard InChI is InChI=1S/C23H20N4O5S/c1-13-10-14(12-31-2)18-19-20(33-22(18)24-13)23(28)26(11-15-6-5-9-32-15)21(25-19)16-7-3-4-8-17(16)27(29)30/h3-10,21,25H,11-12H2,1-2H3/t21-/m1/s1. The molecule has 1 amide bonds. The molecule has 4 heterocycles. The van der Waals surface area contributed by atoms with Gasteiger partial charge in [0.05, 0.1) is 35.6 Å². The fourth-order valence-corrected chi connectivity index (χ4v) is 5.38. The van der Waals surface area contributed by atoms with Gasteiger partial charge < -0.3 is 19.4 Å². The Morgan fingerprint density at radius 1 is 1.30 bits per heavy atom. The van der Waals surface area contributed by atoms with Gasteiger partial charge in [-0.25, -0.2) is 4.98 Å². The average Bonchev–Trinajstić information content (AvgIpc) is 3.43. The molecule has 9 nitrogen and oxygen atoms in total. The summed E-state index contributed by atoms with van der Waals surface area (Å²) in [4.78, 5) is 32.5. The van der Waals surface area contributed by atoms with E-state index in [0.29, 0.717) is 33.3 Å². The number of carbonyl (C=O) groups excluding carboxylic acids is 1. The van der Waals surface area contributed by atoms with Crippen molar-refractivity contribution in [1.29, 1.82) is 0 Å². The van der Waals surface area contributed by atoms with E-state index in [4.69, 9.17) is 9.15 Å². The van der Waals surface area contributed by atoms with E-state index in [1.54, 1.807) is 42.3 Å². The molecule has 0 radical (unpaired) electrons. The van der Waals surface area contributed by atoms with Crippen LogP contribution in [-0.4, -0.2) is 27.8 Å². The molecule has 0 unspecified atom stereocenters. The molecule has 1 aliphatic rings. The maximum atomic E-state index is 13.8. The Kier molecular flexibility index (Phi) is 5.31. The molecule has 1 atom stereocenters. The molecule has 168 valence electrons. The lowest BCUT2D eigenvalue weighted by Crippen LogP contribution is -2.42. The number of fused-ring (bicyclic) bond motifs is 3. The van der Waals surface area contributed by atoms with Gasteiger partial charge in [0.25, 0.3) is 11.6 Å². The predicted molar refractivity (Wildman–Crippen MR) is 123 cm³/mol. The smallest absolute Gasteiger partial charge is 0.276 e. The summed E-state index contributed by atoms with van der Waals surface area (Å²) in [6.45, 7) is 2.40. The average molecular weight is 465 g/mol. The van der Waals surface area contributed by atoms with Gasteiger partial charge >= 0.3 is 0 Å².